The van der Waals surface area contributed by atoms with Crippen LogP contribution in [0.1, 0.15) is 30.9 Å². The molecule has 2 N–H and O–H groups in total. The lowest BCUT2D eigenvalue weighted by molar-refractivity contribution is 0.263. The van der Waals surface area contributed by atoms with Crippen molar-refractivity contribution in [3.63, 3.8) is 0 Å². The van der Waals surface area contributed by atoms with Crippen LogP contribution < -0.4 is 15.2 Å². The smallest absolute Gasteiger partial charge is 0.161 e. The predicted octanol–water partition coefficient (Wildman–Crippen LogP) is 3.27. The van der Waals surface area contributed by atoms with E-state index < -0.39 is 0 Å². The lowest BCUT2D eigenvalue weighted by Gasteiger charge is -2.32. The minimum Gasteiger partial charge on any atom is -0.493 e. The van der Waals surface area contributed by atoms with Crippen molar-refractivity contribution in [3.05, 3.63) is 22.2 Å². The fourth-order valence-electron chi connectivity index (χ4n) is 2.18. The molecule has 1 aliphatic carbocycles. The average molecular weight is 300 g/mol. The summed E-state index contributed by atoms with van der Waals surface area (Å²) < 4.78 is 11.6. The highest BCUT2D eigenvalue weighted by Crippen LogP contribution is 2.42. The van der Waals surface area contributed by atoms with E-state index in [1.54, 1.807) is 14.2 Å². The van der Waals surface area contributed by atoms with Crippen LogP contribution in [0.25, 0.3) is 0 Å². The third-order valence-electron chi connectivity index (χ3n) is 3.52. The maximum atomic E-state index is 6.29. The second-order valence-electron chi connectivity index (χ2n) is 4.45. The first kappa shape index (κ1) is 12.7. The normalized spacial score (nSPS) is 17.4. The van der Waals surface area contributed by atoms with Gasteiger partial charge in [-0.2, -0.15) is 0 Å². The quantitative estimate of drug-likeness (QED) is 0.928. The van der Waals surface area contributed by atoms with Gasteiger partial charge in [0, 0.05) is 10.5 Å². The van der Waals surface area contributed by atoms with Gasteiger partial charge in [-0.15, -0.1) is 0 Å². The first-order valence-electron chi connectivity index (χ1n) is 5.84. The Bertz CT molecular complexity index is 405. The Morgan fingerprint density at radius 1 is 1.24 bits per heavy atom. The fraction of sp³-hybridized carbons (Fsp3) is 0.538. The van der Waals surface area contributed by atoms with E-state index in [1.807, 2.05) is 12.1 Å². The molecule has 0 aliphatic heterocycles. The highest BCUT2D eigenvalue weighted by atomic mass is 79.9. The topological polar surface area (TPSA) is 44.5 Å². The third-order valence-corrected chi connectivity index (χ3v) is 4.21. The Labute approximate surface area is 110 Å². The summed E-state index contributed by atoms with van der Waals surface area (Å²) in [6.07, 6.45) is 3.74. The Kier molecular flexibility index (Phi) is 3.94. The van der Waals surface area contributed by atoms with Crippen molar-refractivity contribution < 1.29 is 9.47 Å². The Hall–Kier alpha value is -0.740. The lowest BCUT2D eigenvalue weighted by atomic mass is 9.77. The molecule has 0 spiro atoms. The highest BCUT2D eigenvalue weighted by molar-refractivity contribution is 9.10. The highest BCUT2D eigenvalue weighted by Gasteiger charge is 2.27. The minimum atomic E-state index is 0.0814. The second kappa shape index (κ2) is 5.27. The molecule has 0 aromatic heterocycles. The van der Waals surface area contributed by atoms with Gasteiger partial charge >= 0.3 is 0 Å². The van der Waals surface area contributed by atoms with Crippen LogP contribution >= 0.6 is 15.9 Å². The predicted molar refractivity (Wildman–Crippen MR) is 71.5 cm³/mol. The standard InChI is InChI=1S/C13H18BrNO2/c1-16-11-6-9(10(14)7-12(11)17-2)13(15)8-4-3-5-8/h6-8,13H,3-5,15H2,1-2H3. The Morgan fingerprint density at radius 2 is 1.82 bits per heavy atom. The van der Waals surface area contributed by atoms with Crippen LogP contribution in [0.4, 0.5) is 0 Å². The van der Waals surface area contributed by atoms with E-state index in [2.05, 4.69) is 15.9 Å². The summed E-state index contributed by atoms with van der Waals surface area (Å²) in [5.74, 6) is 2.06. The first-order valence-corrected chi connectivity index (χ1v) is 6.63. The van der Waals surface area contributed by atoms with Gasteiger partial charge in [-0.1, -0.05) is 22.4 Å². The number of benzene rings is 1. The molecule has 0 radical (unpaired) electrons. The number of halogens is 1. The number of hydrogen-bond donors (Lipinski definition) is 1. The van der Waals surface area contributed by atoms with Crippen LogP contribution in [0.3, 0.4) is 0 Å². The Morgan fingerprint density at radius 3 is 2.29 bits per heavy atom. The van der Waals surface area contributed by atoms with Gasteiger partial charge in [0.2, 0.25) is 0 Å². The molecule has 0 saturated heterocycles. The van der Waals surface area contributed by atoms with Gasteiger partial charge in [-0.25, -0.2) is 0 Å². The molecule has 94 valence electrons. The van der Waals surface area contributed by atoms with Crippen molar-refractivity contribution in [2.24, 2.45) is 11.7 Å². The molecule has 1 fully saturated rings. The van der Waals surface area contributed by atoms with E-state index in [-0.39, 0.29) is 6.04 Å². The van der Waals surface area contributed by atoms with E-state index in [0.717, 1.165) is 21.5 Å². The van der Waals surface area contributed by atoms with Crippen LogP contribution in [0.15, 0.2) is 16.6 Å². The number of methoxy groups -OCH3 is 2. The molecule has 1 aromatic carbocycles. The summed E-state index contributed by atoms with van der Waals surface area (Å²) in [5, 5.41) is 0. The lowest BCUT2D eigenvalue weighted by Crippen LogP contribution is -2.27. The van der Waals surface area contributed by atoms with E-state index >= 15 is 0 Å². The van der Waals surface area contributed by atoms with E-state index in [9.17, 15) is 0 Å². The molecule has 0 heterocycles. The number of ether oxygens (including phenoxy) is 2. The summed E-state index contributed by atoms with van der Waals surface area (Å²) in [6, 6.07) is 3.98. The summed E-state index contributed by atoms with van der Waals surface area (Å²) in [4.78, 5) is 0. The van der Waals surface area contributed by atoms with Gasteiger partial charge in [-0.05, 0) is 36.5 Å². The average Bonchev–Trinajstić information content (AvgIpc) is 2.26. The monoisotopic (exact) mass is 299 g/mol. The van der Waals surface area contributed by atoms with Crippen molar-refractivity contribution in [2.45, 2.75) is 25.3 Å². The molecule has 4 heteroatoms. The van der Waals surface area contributed by atoms with E-state index in [0.29, 0.717) is 5.92 Å². The molecule has 3 nitrogen and oxygen atoms in total. The minimum absolute atomic E-state index is 0.0814. The Balaban J connectivity index is 2.32. The van der Waals surface area contributed by atoms with Crippen molar-refractivity contribution in [1.29, 1.82) is 0 Å². The van der Waals surface area contributed by atoms with Crippen LogP contribution in [0.5, 0.6) is 11.5 Å². The van der Waals surface area contributed by atoms with Gasteiger partial charge in [0.05, 0.1) is 14.2 Å². The number of hydrogen-bond acceptors (Lipinski definition) is 3. The second-order valence-corrected chi connectivity index (χ2v) is 5.30. The van der Waals surface area contributed by atoms with E-state index in [4.69, 9.17) is 15.2 Å². The number of nitrogens with two attached hydrogens (primary N) is 1. The first-order chi connectivity index (χ1) is 8.17. The summed E-state index contributed by atoms with van der Waals surface area (Å²) >= 11 is 3.56. The molecule has 1 atom stereocenters. The van der Waals surface area contributed by atoms with Crippen molar-refractivity contribution in [1.82, 2.24) is 0 Å². The van der Waals surface area contributed by atoms with Gasteiger partial charge in [0.1, 0.15) is 0 Å². The van der Waals surface area contributed by atoms with Crippen LogP contribution in [0.2, 0.25) is 0 Å². The zero-order chi connectivity index (χ0) is 12.4. The zero-order valence-corrected chi connectivity index (χ0v) is 11.8. The summed E-state index contributed by atoms with van der Waals surface area (Å²) in [6.45, 7) is 0. The van der Waals surface area contributed by atoms with Crippen LogP contribution in [0, 0.1) is 5.92 Å². The third kappa shape index (κ3) is 2.43. The summed E-state index contributed by atoms with van der Waals surface area (Å²) in [5.41, 5.74) is 7.39. The SMILES string of the molecule is COc1cc(Br)c(C(N)C2CCC2)cc1OC. The van der Waals surface area contributed by atoms with Crippen molar-refractivity contribution in [2.75, 3.05) is 14.2 Å². The molecular formula is C13H18BrNO2. The molecule has 1 unspecified atom stereocenters. The van der Waals surface area contributed by atoms with Crippen molar-refractivity contribution >= 4 is 15.9 Å². The molecular weight excluding hydrogens is 282 g/mol. The fourth-order valence-corrected chi connectivity index (χ4v) is 2.76. The maximum Gasteiger partial charge on any atom is 0.161 e. The van der Waals surface area contributed by atoms with Crippen LogP contribution in [-0.2, 0) is 0 Å². The molecule has 17 heavy (non-hydrogen) atoms. The maximum absolute atomic E-state index is 6.29. The molecule has 0 bridgehead atoms. The summed E-state index contributed by atoms with van der Waals surface area (Å²) in [7, 11) is 3.28. The molecule has 1 aromatic rings. The molecule has 2 rings (SSSR count). The van der Waals surface area contributed by atoms with Gasteiger partial charge < -0.3 is 15.2 Å². The van der Waals surface area contributed by atoms with E-state index in [1.165, 1.54) is 19.3 Å². The molecule has 1 saturated carbocycles. The zero-order valence-electron chi connectivity index (χ0n) is 10.2. The van der Waals surface area contributed by atoms with Gasteiger partial charge in [0.15, 0.2) is 11.5 Å². The molecule has 0 amide bonds. The van der Waals surface area contributed by atoms with Crippen LogP contribution in [-0.4, -0.2) is 14.2 Å². The van der Waals surface area contributed by atoms with Gasteiger partial charge in [-0.3, -0.25) is 0 Å². The molecule has 1 aliphatic rings. The largest absolute Gasteiger partial charge is 0.493 e. The van der Waals surface area contributed by atoms with Crippen molar-refractivity contribution in [3.8, 4) is 11.5 Å². The number of rotatable bonds is 4. The van der Waals surface area contributed by atoms with Gasteiger partial charge in [0.25, 0.3) is 0 Å².